The lowest BCUT2D eigenvalue weighted by molar-refractivity contribution is 0.0827. The van der Waals surface area contributed by atoms with E-state index in [0.717, 1.165) is 0 Å². The van der Waals surface area contributed by atoms with Crippen LogP contribution < -0.4 is 5.32 Å². The van der Waals surface area contributed by atoms with Crippen LogP contribution >= 0.6 is 0 Å². The van der Waals surface area contributed by atoms with E-state index in [1.54, 1.807) is 32.4 Å². The molecule has 0 radical (unpaired) electrons. The second kappa shape index (κ2) is 5.82. The van der Waals surface area contributed by atoms with Gasteiger partial charge in [0.15, 0.2) is 0 Å². The molecule has 0 atom stereocenters. The highest BCUT2D eigenvalue weighted by Gasteiger charge is 2.16. The number of nitrogens with one attached hydrogen (secondary N) is 1. The van der Waals surface area contributed by atoms with Gasteiger partial charge >= 0.3 is 0 Å². The SMILES string of the molecule is CN(C)C(=O)c1ccc(NCC(C)(C)CO)nc1. The van der Waals surface area contributed by atoms with E-state index in [-0.39, 0.29) is 17.9 Å². The highest BCUT2D eigenvalue weighted by molar-refractivity contribution is 5.93. The van der Waals surface area contributed by atoms with Gasteiger partial charge in [-0.25, -0.2) is 4.98 Å². The fourth-order valence-electron chi connectivity index (χ4n) is 1.27. The molecule has 1 aromatic rings. The number of anilines is 1. The summed E-state index contributed by atoms with van der Waals surface area (Å²) in [6.45, 7) is 4.66. The first-order chi connectivity index (χ1) is 8.35. The van der Waals surface area contributed by atoms with E-state index in [1.807, 2.05) is 13.8 Å². The molecule has 0 unspecified atom stereocenters. The Hall–Kier alpha value is -1.62. The number of aliphatic hydroxyl groups is 1. The smallest absolute Gasteiger partial charge is 0.254 e. The molecule has 1 aromatic heterocycles. The molecule has 0 fully saturated rings. The molecule has 0 aliphatic rings. The Bertz CT molecular complexity index is 399. The molecular weight excluding hydrogens is 230 g/mol. The highest BCUT2D eigenvalue weighted by Crippen LogP contribution is 2.15. The molecule has 0 aliphatic heterocycles. The summed E-state index contributed by atoms with van der Waals surface area (Å²) in [6, 6.07) is 3.51. The van der Waals surface area contributed by atoms with Crippen molar-refractivity contribution in [2.45, 2.75) is 13.8 Å². The lowest BCUT2D eigenvalue weighted by atomic mass is 9.95. The Kier molecular flexibility index (Phi) is 4.67. The third-order valence-electron chi connectivity index (χ3n) is 2.59. The van der Waals surface area contributed by atoms with Crippen LogP contribution in [0, 0.1) is 5.41 Å². The van der Waals surface area contributed by atoms with E-state index in [9.17, 15) is 4.79 Å². The van der Waals surface area contributed by atoms with Crippen molar-refractivity contribution in [3.8, 4) is 0 Å². The van der Waals surface area contributed by atoms with E-state index in [4.69, 9.17) is 5.11 Å². The van der Waals surface area contributed by atoms with Crippen molar-refractivity contribution in [2.24, 2.45) is 5.41 Å². The number of carbonyl (C=O) groups is 1. The molecule has 0 aromatic carbocycles. The Morgan fingerprint density at radius 3 is 2.56 bits per heavy atom. The van der Waals surface area contributed by atoms with Gasteiger partial charge in [-0.2, -0.15) is 0 Å². The number of hydrogen-bond acceptors (Lipinski definition) is 4. The van der Waals surface area contributed by atoms with Crippen molar-refractivity contribution in [2.75, 3.05) is 32.6 Å². The number of nitrogens with zero attached hydrogens (tertiary/aromatic N) is 2. The second-order valence-corrected chi connectivity index (χ2v) is 5.31. The van der Waals surface area contributed by atoms with Crippen molar-refractivity contribution in [3.63, 3.8) is 0 Å². The van der Waals surface area contributed by atoms with Crippen molar-refractivity contribution < 1.29 is 9.90 Å². The maximum Gasteiger partial charge on any atom is 0.254 e. The van der Waals surface area contributed by atoms with Crippen LogP contribution in [0.4, 0.5) is 5.82 Å². The van der Waals surface area contributed by atoms with Crippen LogP contribution in [0.3, 0.4) is 0 Å². The zero-order chi connectivity index (χ0) is 13.8. The molecule has 1 rings (SSSR count). The van der Waals surface area contributed by atoms with Gasteiger partial charge in [-0.1, -0.05) is 13.8 Å². The van der Waals surface area contributed by atoms with Crippen LogP contribution in [0.15, 0.2) is 18.3 Å². The summed E-state index contributed by atoms with van der Waals surface area (Å²) in [5.41, 5.74) is 0.367. The van der Waals surface area contributed by atoms with Crippen LogP contribution in [-0.2, 0) is 0 Å². The van der Waals surface area contributed by atoms with Crippen molar-refractivity contribution >= 4 is 11.7 Å². The quantitative estimate of drug-likeness (QED) is 0.825. The molecule has 18 heavy (non-hydrogen) atoms. The van der Waals surface area contributed by atoms with E-state index < -0.39 is 0 Å². The van der Waals surface area contributed by atoms with E-state index in [1.165, 1.54) is 4.90 Å². The molecule has 0 aliphatic carbocycles. The molecule has 5 heteroatoms. The van der Waals surface area contributed by atoms with Crippen LogP contribution in [0.5, 0.6) is 0 Å². The topological polar surface area (TPSA) is 65.5 Å². The van der Waals surface area contributed by atoms with Gasteiger partial charge in [-0.3, -0.25) is 4.79 Å². The number of amides is 1. The summed E-state index contributed by atoms with van der Waals surface area (Å²) >= 11 is 0. The number of aliphatic hydroxyl groups excluding tert-OH is 1. The maximum atomic E-state index is 11.7. The maximum absolute atomic E-state index is 11.7. The lowest BCUT2D eigenvalue weighted by Crippen LogP contribution is -2.27. The minimum Gasteiger partial charge on any atom is -0.396 e. The number of aromatic nitrogens is 1. The predicted molar refractivity (Wildman–Crippen MR) is 71.6 cm³/mol. The summed E-state index contributed by atoms with van der Waals surface area (Å²) in [5, 5.41) is 12.3. The lowest BCUT2D eigenvalue weighted by Gasteiger charge is -2.22. The Morgan fingerprint density at radius 1 is 1.44 bits per heavy atom. The van der Waals surface area contributed by atoms with Crippen molar-refractivity contribution in [1.29, 1.82) is 0 Å². The average Bonchev–Trinajstić information content (AvgIpc) is 2.36. The van der Waals surface area contributed by atoms with E-state index in [2.05, 4.69) is 10.3 Å². The molecule has 0 bridgehead atoms. The van der Waals surface area contributed by atoms with Gasteiger partial charge in [0.05, 0.1) is 5.56 Å². The molecular formula is C13H21N3O2. The van der Waals surface area contributed by atoms with Crippen molar-refractivity contribution in [1.82, 2.24) is 9.88 Å². The van der Waals surface area contributed by atoms with Gasteiger partial charge in [0.25, 0.3) is 5.91 Å². The Balaban J connectivity index is 2.64. The highest BCUT2D eigenvalue weighted by atomic mass is 16.3. The van der Waals surface area contributed by atoms with Gasteiger partial charge in [0, 0.05) is 38.9 Å². The molecule has 5 nitrogen and oxygen atoms in total. The minimum atomic E-state index is -0.195. The number of carbonyl (C=O) groups excluding carboxylic acids is 1. The fourth-order valence-corrected chi connectivity index (χ4v) is 1.27. The monoisotopic (exact) mass is 251 g/mol. The summed E-state index contributed by atoms with van der Waals surface area (Å²) in [5.74, 6) is 0.636. The Labute approximate surface area is 108 Å². The molecule has 0 spiro atoms. The van der Waals surface area contributed by atoms with E-state index >= 15 is 0 Å². The number of hydrogen-bond donors (Lipinski definition) is 2. The van der Waals surface area contributed by atoms with Gasteiger partial charge < -0.3 is 15.3 Å². The molecule has 100 valence electrons. The van der Waals surface area contributed by atoms with Gasteiger partial charge in [-0.15, -0.1) is 0 Å². The van der Waals surface area contributed by atoms with Crippen molar-refractivity contribution in [3.05, 3.63) is 23.9 Å². The average molecular weight is 251 g/mol. The summed E-state index contributed by atoms with van der Waals surface area (Å²) in [4.78, 5) is 17.3. The molecule has 1 heterocycles. The standard InChI is InChI=1S/C13H21N3O2/c1-13(2,9-17)8-15-11-6-5-10(7-14-11)12(18)16(3)4/h5-7,17H,8-9H2,1-4H3,(H,14,15). The fraction of sp³-hybridized carbons (Fsp3) is 0.538. The number of rotatable bonds is 5. The Morgan fingerprint density at radius 2 is 2.11 bits per heavy atom. The zero-order valence-electron chi connectivity index (χ0n) is 11.4. The zero-order valence-corrected chi connectivity index (χ0v) is 11.4. The van der Waals surface area contributed by atoms with Crippen LogP contribution in [0.25, 0.3) is 0 Å². The van der Waals surface area contributed by atoms with Gasteiger partial charge in [-0.05, 0) is 12.1 Å². The predicted octanol–water partition coefficient (Wildman–Crippen LogP) is 1.21. The third-order valence-corrected chi connectivity index (χ3v) is 2.59. The third kappa shape index (κ3) is 4.00. The summed E-state index contributed by atoms with van der Waals surface area (Å²) in [7, 11) is 3.41. The summed E-state index contributed by atoms with van der Waals surface area (Å²) in [6.07, 6.45) is 1.55. The van der Waals surface area contributed by atoms with E-state index in [0.29, 0.717) is 17.9 Å². The second-order valence-electron chi connectivity index (χ2n) is 5.31. The molecule has 1 amide bonds. The molecule has 0 saturated carbocycles. The molecule has 2 N–H and O–H groups in total. The first-order valence-corrected chi connectivity index (χ1v) is 5.88. The van der Waals surface area contributed by atoms with Gasteiger partial charge in [0.1, 0.15) is 5.82 Å². The van der Waals surface area contributed by atoms with Crippen LogP contribution in [-0.4, -0.2) is 48.1 Å². The van der Waals surface area contributed by atoms with Crippen LogP contribution in [0.1, 0.15) is 24.2 Å². The summed E-state index contributed by atoms with van der Waals surface area (Å²) < 4.78 is 0. The first kappa shape index (κ1) is 14.4. The van der Waals surface area contributed by atoms with Gasteiger partial charge in [0.2, 0.25) is 0 Å². The first-order valence-electron chi connectivity index (χ1n) is 5.88. The molecule has 0 saturated heterocycles. The van der Waals surface area contributed by atoms with Crippen LogP contribution in [0.2, 0.25) is 0 Å². The normalized spacial score (nSPS) is 11.2. The number of pyridine rings is 1. The largest absolute Gasteiger partial charge is 0.396 e. The minimum absolute atomic E-state index is 0.0651.